The first-order valence-electron chi connectivity index (χ1n) is 11.2. The van der Waals surface area contributed by atoms with E-state index >= 15 is 0 Å². The number of halogens is 1. The lowest BCUT2D eigenvalue weighted by Crippen LogP contribution is -2.52. The molecule has 0 aromatic heterocycles. The van der Waals surface area contributed by atoms with Crippen LogP contribution in [-0.2, 0) is 4.79 Å². The van der Waals surface area contributed by atoms with Crippen LogP contribution in [0.5, 0.6) is 0 Å². The lowest BCUT2D eigenvalue weighted by molar-refractivity contribution is -0.130. The molecule has 1 aliphatic heterocycles. The van der Waals surface area contributed by atoms with Gasteiger partial charge in [0, 0.05) is 30.5 Å². The molecule has 0 unspecified atom stereocenters. The molecule has 1 fully saturated rings. The summed E-state index contributed by atoms with van der Waals surface area (Å²) in [6, 6.07) is 10.8. The van der Waals surface area contributed by atoms with Crippen molar-refractivity contribution in [2.45, 2.75) is 70.1 Å². The highest BCUT2D eigenvalue weighted by atomic mass is 19.1. The molecule has 7 heteroatoms. The number of carbonyl (C=O) groups is 2. The van der Waals surface area contributed by atoms with E-state index in [-0.39, 0.29) is 36.7 Å². The lowest BCUT2D eigenvalue weighted by Gasteiger charge is -2.28. The Hall–Kier alpha value is -2.30. The first kappa shape index (κ1) is 25.0. The lowest BCUT2D eigenvalue weighted by atomic mass is 10.0. The Kier molecular flexibility index (Phi) is 10.1. The maximum absolute atomic E-state index is 13.5. The van der Waals surface area contributed by atoms with Crippen LogP contribution in [0.4, 0.5) is 4.39 Å². The summed E-state index contributed by atoms with van der Waals surface area (Å²) in [5.41, 5.74) is 0.490. The normalized spacial score (nSPS) is 18.7. The second kappa shape index (κ2) is 12.5. The van der Waals surface area contributed by atoms with E-state index in [4.69, 9.17) is 5.26 Å². The monoisotopic (exact) mass is 430 g/mol. The largest absolute Gasteiger partial charge is 0.323 e. The van der Waals surface area contributed by atoms with Crippen molar-refractivity contribution in [3.63, 3.8) is 0 Å². The molecule has 31 heavy (non-hydrogen) atoms. The van der Waals surface area contributed by atoms with Crippen LogP contribution in [0.25, 0.3) is 0 Å². The number of nitrogens with one attached hydrogen (secondary N) is 2. The highest BCUT2D eigenvalue weighted by Gasteiger charge is 2.35. The molecular weight excluding hydrogens is 395 g/mol. The minimum absolute atomic E-state index is 0.00830. The van der Waals surface area contributed by atoms with Crippen molar-refractivity contribution >= 4 is 11.7 Å². The van der Waals surface area contributed by atoms with Gasteiger partial charge in [-0.1, -0.05) is 43.2 Å². The predicted molar refractivity (Wildman–Crippen MR) is 119 cm³/mol. The van der Waals surface area contributed by atoms with E-state index in [0.29, 0.717) is 13.0 Å². The van der Waals surface area contributed by atoms with Gasteiger partial charge in [-0.15, -0.1) is 0 Å². The van der Waals surface area contributed by atoms with Crippen molar-refractivity contribution in [1.29, 1.82) is 5.26 Å². The number of amides is 1. The molecule has 0 radical (unpaired) electrons. The fourth-order valence-corrected chi connectivity index (χ4v) is 3.72. The second-order valence-electron chi connectivity index (χ2n) is 8.89. The van der Waals surface area contributed by atoms with E-state index in [0.717, 1.165) is 37.8 Å². The first-order valence-corrected chi connectivity index (χ1v) is 11.2. The van der Waals surface area contributed by atoms with Gasteiger partial charge in [-0.25, -0.2) is 4.39 Å². The number of nitrogens with zero attached hydrogens (tertiary/aromatic N) is 2. The average molecular weight is 431 g/mol. The Balaban J connectivity index is 1.53. The number of likely N-dealkylation sites (tertiary alicyclic amines) is 1. The van der Waals surface area contributed by atoms with Crippen LogP contribution in [0.3, 0.4) is 0 Å². The number of rotatable bonds is 13. The third-order valence-electron chi connectivity index (χ3n) is 5.61. The van der Waals surface area contributed by atoms with Crippen LogP contribution in [-0.4, -0.2) is 60.5 Å². The Morgan fingerprint density at radius 3 is 2.61 bits per heavy atom. The molecule has 2 rings (SSSR count). The van der Waals surface area contributed by atoms with Gasteiger partial charge in [0.05, 0.1) is 19.2 Å². The molecule has 1 aliphatic rings. The maximum Gasteiger partial charge on any atom is 0.237 e. The molecule has 1 saturated heterocycles. The van der Waals surface area contributed by atoms with Gasteiger partial charge >= 0.3 is 0 Å². The summed E-state index contributed by atoms with van der Waals surface area (Å²) in [6.07, 6.45) is 3.62. The highest BCUT2D eigenvalue weighted by molar-refractivity contribution is 5.95. The third-order valence-corrected chi connectivity index (χ3v) is 5.61. The number of ketones is 1. The molecule has 1 heterocycles. The summed E-state index contributed by atoms with van der Waals surface area (Å²) in [5.74, 6) is -0.0250. The van der Waals surface area contributed by atoms with E-state index in [2.05, 4.69) is 10.6 Å². The molecule has 2 atom stereocenters. The number of hydrogen-bond acceptors (Lipinski definition) is 5. The van der Waals surface area contributed by atoms with Crippen molar-refractivity contribution in [3.8, 4) is 6.07 Å². The molecule has 0 saturated carbocycles. The summed E-state index contributed by atoms with van der Waals surface area (Å²) < 4.78 is 13.5. The molecule has 0 bridgehead atoms. The average Bonchev–Trinajstić information content (AvgIpc) is 3.15. The van der Waals surface area contributed by atoms with Gasteiger partial charge in [0.2, 0.25) is 5.91 Å². The zero-order valence-electron chi connectivity index (χ0n) is 18.7. The van der Waals surface area contributed by atoms with Crippen molar-refractivity contribution in [2.75, 3.05) is 26.2 Å². The zero-order valence-corrected chi connectivity index (χ0v) is 18.7. The molecule has 1 amide bonds. The van der Waals surface area contributed by atoms with Crippen LogP contribution in [0.2, 0.25) is 0 Å². The first-order chi connectivity index (χ1) is 14.8. The summed E-state index contributed by atoms with van der Waals surface area (Å²) in [5, 5.41) is 15.7. The number of Topliss-reactive ketones (excluding diaryl/α,β-unsaturated/α-hetero) is 1. The Bertz CT molecular complexity index is 748. The van der Waals surface area contributed by atoms with E-state index < -0.39 is 12.2 Å². The zero-order chi connectivity index (χ0) is 22.7. The number of unbranched alkanes of at least 4 members (excludes halogenated alkanes) is 3. The third kappa shape index (κ3) is 8.76. The van der Waals surface area contributed by atoms with E-state index in [1.54, 1.807) is 0 Å². The number of nitriles is 1. The van der Waals surface area contributed by atoms with Crippen molar-refractivity contribution in [1.82, 2.24) is 15.5 Å². The fraction of sp³-hybridized carbons (Fsp3) is 0.625. The summed E-state index contributed by atoms with van der Waals surface area (Å²) in [4.78, 5) is 25.7. The fourth-order valence-electron chi connectivity index (χ4n) is 3.72. The predicted octanol–water partition coefficient (Wildman–Crippen LogP) is 3.24. The van der Waals surface area contributed by atoms with Crippen LogP contribution < -0.4 is 10.6 Å². The molecule has 0 aliphatic carbocycles. The molecule has 1 aromatic rings. The van der Waals surface area contributed by atoms with Crippen molar-refractivity contribution < 1.29 is 14.0 Å². The minimum atomic E-state index is -1.11. The second-order valence-corrected chi connectivity index (χ2v) is 8.89. The smallest absolute Gasteiger partial charge is 0.237 e. The number of benzene rings is 1. The molecule has 0 spiro atoms. The van der Waals surface area contributed by atoms with Crippen LogP contribution >= 0.6 is 0 Å². The maximum atomic E-state index is 13.5. The summed E-state index contributed by atoms with van der Waals surface area (Å²) in [7, 11) is 0. The minimum Gasteiger partial charge on any atom is -0.323 e. The van der Waals surface area contributed by atoms with Gasteiger partial charge in [0.1, 0.15) is 12.2 Å². The van der Waals surface area contributed by atoms with E-state index in [9.17, 15) is 14.0 Å². The quantitative estimate of drug-likeness (QED) is 0.371. The van der Waals surface area contributed by atoms with Gasteiger partial charge in [-0.2, -0.15) is 5.26 Å². The summed E-state index contributed by atoms with van der Waals surface area (Å²) >= 11 is 0. The van der Waals surface area contributed by atoms with E-state index in [1.165, 1.54) is 4.90 Å². The van der Waals surface area contributed by atoms with Crippen LogP contribution in [0.1, 0.15) is 62.7 Å². The number of hydrogen-bond donors (Lipinski definition) is 2. The van der Waals surface area contributed by atoms with Gasteiger partial charge in [-0.05, 0) is 33.2 Å². The van der Waals surface area contributed by atoms with Gasteiger partial charge < -0.3 is 15.5 Å². The van der Waals surface area contributed by atoms with Gasteiger partial charge in [-0.3, -0.25) is 9.59 Å². The summed E-state index contributed by atoms with van der Waals surface area (Å²) in [6.45, 7) is 5.68. The molecule has 2 N–H and O–H groups in total. The Morgan fingerprint density at radius 2 is 1.90 bits per heavy atom. The Labute approximate surface area is 185 Å². The highest BCUT2D eigenvalue weighted by Crippen LogP contribution is 2.19. The van der Waals surface area contributed by atoms with Gasteiger partial charge in [0.25, 0.3) is 0 Å². The van der Waals surface area contributed by atoms with Crippen LogP contribution in [0.15, 0.2) is 30.3 Å². The molecule has 170 valence electrons. The SMILES string of the molecule is CC(C)(CNCCCCCCC(=O)c1ccccc1)NCC(=O)N1C[C@@H](F)C[C@H]1C#N. The van der Waals surface area contributed by atoms with E-state index in [1.807, 2.05) is 50.2 Å². The van der Waals surface area contributed by atoms with Crippen molar-refractivity contribution in [2.24, 2.45) is 0 Å². The number of carbonyl (C=O) groups excluding carboxylic acids is 2. The standard InChI is InChI=1S/C24H35FN4O2/c1-24(2,28-16-23(31)29-17-20(25)14-21(29)15-26)18-27-13-9-4-3-8-12-22(30)19-10-6-5-7-11-19/h5-7,10-11,20-21,27-28H,3-4,8-9,12-14,16-18H2,1-2H3/t20-,21-/m0/s1. The van der Waals surface area contributed by atoms with Gasteiger partial charge in [0.15, 0.2) is 5.78 Å². The van der Waals surface area contributed by atoms with Crippen LogP contribution in [0, 0.1) is 11.3 Å². The van der Waals surface area contributed by atoms with Crippen molar-refractivity contribution in [3.05, 3.63) is 35.9 Å². The Morgan fingerprint density at radius 1 is 1.19 bits per heavy atom. The topological polar surface area (TPSA) is 85.2 Å². The number of alkyl halides is 1. The molecular formula is C24H35FN4O2. The molecule has 1 aromatic carbocycles. The molecule has 6 nitrogen and oxygen atoms in total.